The van der Waals surface area contributed by atoms with Crippen molar-refractivity contribution in [2.24, 2.45) is 0 Å². The SMILES string of the molecule is CN(C)C(=O)c1nc2n(n1)-c1ccccc1N(c1ccccc1)C2. The number of amides is 1. The summed E-state index contributed by atoms with van der Waals surface area (Å²) in [5.74, 6) is 0.781. The van der Waals surface area contributed by atoms with Gasteiger partial charge in [-0.1, -0.05) is 30.3 Å². The predicted octanol–water partition coefficient (Wildman–Crippen LogP) is 2.62. The molecule has 1 aliphatic rings. The Morgan fingerprint density at radius 3 is 2.38 bits per heavy atom. The standard InChI is InChI=1S/C18H17N5O/c1-21(2)18(24)17-19-16-12-22(13-8-4-3-5-9-13)14-10-6-7-11-15(14)23(16)20-17/h3-11H,12H2,1-2H3. The van der Waals surface area contributed by atoms with Crippen molar-refractivity contribution in [1.29, 1.82) is 0 Å². The first-order valence-electron chi connectivity index (χ1n) is 7.75. The molecule has 0 saturated carbocycles. The van der Waals surface area contributed by atoms with E-state index < -0.39 is 0 Å². The van der Waals surface area contributed by atoms with Gasteiger partial charge in [-0.25, -0.2) is 9.67 Å². The van der Waals surface area contributed by atoms with Gasteiger partial charge in [-0.15, -0.1) is 5.10 Å². The number of hydrogen-bond acceptors (Lipinski definition) is 4. The third-order valence-corrected chi connectivity index (χ3v) is 4.04. The molecule has 2 aromatic carbocycles. The lowest BCUT2D eigenvalue weighted by molar-refractivity contribution is 0.0816. The lowest BCUT2D eigenvalue weighted by atomic mass is 10.1. The normalized spacial score (nSPS) is 12.5. The largest absolute Gasteiger partial charge is 0.342 e. The van der Waals surface area contributed by atoms with Crippen LogP contribution in [-0.4, -0.2) is 39.7 Å². The first kappa shape index (κ1) is 14.4. The number of fused-ring (bicyclic) bond motifs is 3. The van der Waals surface area contributed by atoms with E-state index in [1.807, 2.05) is 36.4 Å². The van der Waals surface area contributed by atoms with Gasteiger partial charge in [-0.3, -0.25) is 4.79 Å². The summed E-state index contributed by atoms with van der Waals surface area (Å²) in [6, 6.07) is 18.2. The average molecular weight is 319 g/mol. The number of nitrogens with zero attached hydrogens (tertiary/aromatic N) is 5. The van der Waals surface area contributed by atoms with Gasteiger partial charge in [0.15, 0.2) is 5.82 Å². The minimum absolute atomic E-state index is 0.194. The molecule has 120 valence electrons. The van der Waals surface area contributed by atoms with Crippen LogP contribution in [0.1, 0.15) is 16.4 Å². The van der Waals surface area contributed by atoms with Gasteiger partial charge in [-0.05, 0) is 24.3 Å². The quantitative estimate of drug-likeness (QED) is 0.728. The molecule has 1 aromatic heterocycles. The predicted molar refractivity (Wildman–Crippen MR) is 91.7 cm³/mol. The maximum absolute atomic E-state index is 12.2. The molecule has 1 amide bonds. The van der Waals surface area contributed by atoms with Crippen LogP contribution in [0.3, 0.4) is 0 Å². The second-order valence-electron chi connectivity index (χ2n) is 5.87. The molecule has 0 atom stereocenters. The monoisotopic (exact) mass is 319 g/mol. The fourth-order valence-electron chi connectivity index (χ4n) is 2.87. The second-order valence-corrected chi connectivity index (χ2v) is 5.87. The van der Waals surface area contributed by atoms with Crippen molar-refractivity contribution in [3.05, 3.63) is 66.2 Å². The molecule has 0 N–H and O–H groups in total. The van der Waals surface area contributed by atoms with Gasteiger partial charge in [0.2, 0.25) is 5.82 Å². The van der Waals surface area contributed by atoms with E-state index in [2.05, 4.69) is 33.2 Å². The summed E-state index contributed by atoms with van der Waals surface area (Å²) in [6.07, 6.45) is 0. The highest BCUT2D eigenvalue weighted by molar-refractivity contribution is 5.90. The summed E-state index contributed by atoms with van der Waals surface area (Å²) in [5.41, 5.74) is 3.05. The van der Waals surface area contributed by atoms with E-state index in [1.165, 1.54) is 4.90 Å². The van der Waals surface area contributed by atoms with Crippen molar-refractivity contribution in [2.45, 2.75) is 6.54 Å². The third-order valence-electron chi connectivity index (χ3n) is 4.04. The summed E-state index contributed by atoms with van der Waals surface area (Å²) in [6.45, 7) is 0.564. The number of carbonyl (C=O) groups excluding carboxylic acids is 1. The van der Waals surface area contributed by atoms with E-state index >= 15 is 0 Å². The highest BCUT2D eigenvalue weighted by atomic mass is 16.2. The zero-order valence-corrected chi connectivity index (χ0v) is 13.5. The first-order chi connectivity index (χ1) is 11.6. The maximum atomic E-state index is 12.2. The van der Waals surface area contributed by atoms with Crippen LogP contribution in [0, 0.1) is 0 Å². The molecule has 0 unspecified atom stereocenters. The number of anilines is 2. The topological polar surface area (TPSA) is 54.3 Å². The van der Waals surface area contributed by atoms with Gasteiger partial charge in [0, 0.05) is 19.8 Å². The number of carbonyl (C=O) groups is 1. The molecule has 0 spiro atoms. The maximum Gasteiger partial charge on any atom is 0.293 e. The summed E-state index contributed by atoms with van der Waals surface area (Å²) >= 11 is 0. The highest BCUT2D eigenvalue weighted by Crippen LogP contribution is 2.36. The molecule has 2 heterocycles. The molecule has 4 rings (SSSR count). The van der Waals surface area contributed by atoms with Crippen LogP contribution in [0.2, 0.25) is 0 Å². The Bertz CT molecular complexity index is 901. The van der Waals surface area contributed by atoms with Crippen LogP contribution in [0.4, 0.5) is 11.4 Å². The molecule has 3 aromatic rings. The summed E-state index contributed by atoms with van der Waals surface area (Å²) in [7, 11) is 3.40. The van der Waals surface area contributed by atoms with E-state index in [-0.39, 0.29) is 11.7 Å². The smallest absolute Gasteiger partial charge is 0.293 e. The van der Waals surface area contributed by atoms with Crippen LogP contribution >= 0.6 is 0 Å². The van der Waals surface area contributed by atoms with Crippen molar-refractivity contribution in [2.75, 3.05) is 19.0 Å². The van der Waals surface area contributed by atoms with Crippen molar-refractivity contribution >= 4 is 17.3 Å². The van der Waals surface area contributed by atoms with Crippen LogP contribution in [0.15, 0.2) is 54.6 Å². The van der Waals surface area contributed by atoms with Gasteiger partial charge in [0.25, 0.3) is 5.91 Å². The number of para-hydroxylation sites is 3. The minimum Gasteiger partial charge on any atom is -0.342 e. The van der Waals surface area contributed by atoms with Crippen molar-refractivity contribution in [3.63, 3.8) is 0 Å². The molecule has 6 heteroatoms. The van der Waals surface area contributed by atoms with E-state index in [0.717, 1.165) is 22.9 Å². The van der Waals surface area contributed by atoms with Crippen molar-refractivity contribution in [1.82, 2.24) is 19.7 Å². The Kier molecular flexibility index (Phi) is 3.30. The van der Waals surface area contributed by atoms with Gasteiger partial charge >= 0.3 is 0 Å². The third kappa shape index (κ3) is 2.23. The Balaban J connectivity index is 1.85. The minimum atomic E-state index is -0.194. The molecule has 0 radical (unpaired) electrons. The Hall–Kier alpha value is -3.15. The Labute approximate surface area is 140 Å². The molecule has 0 aliphatic carbocycles. The summed E-state index contributed by atoms with van der Waals surface area (Å²) in [4.78, 5) is 20.3. The van der Waals surface area contributed by atoms with Crippen LogP contribution < -0.4 is 4.90 Å². The highest BCUT2D eigenvalue weighted by Gasteiger charge is 2.27. The van der Waals surface area contributed by atoms with E-state index in [4.69, 9.17) is 0 Å². The van der Waals surface area contributed by atoms with E-state index in [1.54, 1.807) is 18.8 Å². The van der Waals surface area contributed by atoms with Gasteiger partial charge in [-0.2, -0.15) is 0 Å². The van der Waals surface area contributed by atoms with Crippen LogP contribution in [0.5, 0.6) is 0 Å². The molecule has 1 aliphatic heterocycles. The van der Waals surface area contributed by atoms with Crippen molar-refractivity contribution in [3.8, 4) is 5.69 Å². The van der Waals surface area contributed by atoms with Crippen molar-refractivity contribution < 1.29 is 4.79 Å². The Morgan fingerprint density at radius 1 is 1.00 bits per heavy atom. The average Bonchev–Trinajstić information content (AvgIpc) is 3.05. The van der Waals surface area contributed by atoms with Gasteiger partial charge < -0.3 is 9.80 Å². The molecule has 24 heavy (non-hydrogen) atoms. The Morgan fingerprint density at radius 2 is 1.67 bits per heavy atom. The first-order valence-corrected chi connectivity index (χ1v) is 7.75. The van der Waals surface area contributed by atoms with E-state index in [0.29, 0.717) is 6.54 Å². The molecule has 6 nitrogen and oxygen atoms in total. The number of benzene rings is 2. The molecular weight excluding hydrogens is 302 g/mol. The zero-order chi connectivity index (χ0) is 16.7. The summed E-state index contributed by atoms with van der Waals surface area (Å²) in [5, 5.41) is 4.43. The molecule has 0 bridgehead atoms. The molecule has 0 saturated heterocycles. The lowest BCUT2D eigenvalue weighted by Crippen LogP contribution is -2.25. The fourth-order valence-corrected chi connectivity index (χ4v) is 2.87. The molecule has 0 fully saturated rings. The second kappa shape index (κ2) is 5.49. The van der Waals surface area contributed by atoms with Crippen LogP contribution in [-0.2, 0) is 6.54 Å². The zero-order valence-electron chi connectivity index (χ0n) is 13.5. The fraction of sp³-hybridized carbons (Fsp3) is 0.167. The van der Waals surface area contributed by atoms with Crippen LogP contribution in [0.25, 0.3) is 5.69 Å². The van der Waals surface area contributed by atoms with E-state index in [9.17, 15) is 4.79 Å². The molecular formula is C18H17N5O. The number of hydrogen-bond donors (Lipinski definition) is 0. The number of rotatable bonds is 2. The summed E-state index contributed by atoms with van der Waals surface area (Å²) < 4.78 is 1.77. The number of aromatic nitrogens is 3. The lowest BCUT2D eigenvalue weighted by Gasteiger charge is -2.30. The van der Waals surface area contributed by atoms with Gasteiger partial charge in [0.05, 0.1) is 17.9 Å². The van der Waals surface area contributed by atoms with Gasteiger partial charge in [0.1, 0.15) is 0 Å².